The van der Waals surface area contributed by atoms with Crippen LogP contribution in [0, 0.1) is 0 Å². The minimum Gasteiger partial charge on any atom is -0.383 e. The van der Waals surface area contributed by atoms with Crippen LogP contribution < -0.4 is 10.9 Å². The molecule has 0 spiro atoms. The van der Waals surface area contributed by atoms with Crippen LogP contribution in [0.25, 0.3) is 0 Å². The lowest BCUT2D eigenvalue weighted by molar-refractivity contribution is 0.182. The summed E-state index contributed by atoms with van der Waals surface area (Å²) in [5.74, 6) is 0. The summed E-state index contributed by atoms with van der Waals surface area (Å²) in [6.45, 7) is 5.24. The van der Waals surface area contributed by atoms with Crippen molar-refractivity contribution < 1.29 is 4.74 Å². The number of hydrogen-bond acceptors (Lipinski definition) is 4. The second-order valence-electron chi connectivity index (χ2n) is 4.49. The Balaban J connectivity index is 2.89. The molecule has 19 heavy (non-hydrogen) atoms. The smallest absolute Gasteiger partial charge is 0.287 e. The van der Waals surface area contributed by atoms with Gasteiger partial charge >= 0.3 is 0 Å². The first-order valence-corrected chi connectivity index (χ1v) is 7.02. The van der Waals surface area contributed by atoms with E-state index in [1.54, 1.807) is 13.3 Å². The average Bonchev–Trinajstić information content (AvgIpc) is 2.39. The van der Waals surface area contributed by atoms with E-state index in [1.165, 1.54) is 4.68 Å². The molecule has 0 aromatic carbocycles. The van der Waals surface area contributed by atoms with E-state index in [2.05, 4.69) is 17.3 Å². The Morgan fingerprint density at radius 2 is 2.21 bits per heavy atom. The Morgan fingerprint density at radius 3 is 2.79 bits per heavy atom. The third-order valence-electron chi connectivity index (χ3n) is 2.78. The molecule has 0 bridgehead atoms. The van der Waals surface area contributed by atoms with Crippen LogP contribution in [-0.4, -0.2) is 29.5 Å². The second-order valence-corrected chi connectivity index (χ2v) is 4.86. The van der Waals surface area contributed by atoms with Gasteiger partial charge < -0.3 is 10.1 Å². The van der Waals surface area contributed by atoms with Gasteiger partial charge in [0.15, 0.2) is 0 Å². The Hall–Kier alpha value is -1.07. The molecule has 0 aliphatic heterocycles. The lowest BCUT2D eigenvalue weighted by Crippen LogP contribution is -2.28. The van der Waals surface area contributed by atoms with Gasteiger partial charge in [0.1, 0.15) is 5.02 Å². The van der Waals surface area contributed by atoms with E-state index in [0.717, 1.165) is 19.3 Å². The molecular weight excluding hydrogens is 266 g/mol. The SMILES string of the molecule is CCCC(COC)Nc1cnn(CCC)c(=O)c1Cl. The third-order valence-corrected chi connectivity index (χ3v) is 3.15. The lowest BCUT2D eigenvalue weighted by atomic mass is 10.2. The van der Waals surface area contributed by atoms with E-state index in [9.17, 15) is 4.79 Å². The van der Waals surface area contributed by atoms with Gasteiger partial charge in [-0.2, -0.15) is 5.10 Å². The Morgan fingerprint density at radius 1 is 1.47 bits per heavy atom. The van der Waals surface area contributed by atoms with Gasteiger partial charge in [-0.15, -0.1) is 0 Å². The van der Waals surface area contributed by atoms with E-state index >= 15 is 0 Å². The van der Waals surface area contributed by atoms with Gasteiger partial charge in [-0.3, -0.25) is 4.79 Å². The van der Waals surface area contributed by atoms with Crippen LogP contribution in [-0.2, 0) is 11.3 Å². The quantitative estimate of drug-likeness (QED) is 0.798. The second kappa shape index (κ2) is 8.17. The number of ether oxygens (including phenoxy) is 1. The minimum atomic E-state index is -0.249. The molecule has 6 heteroatoms. The van der Waals surface area contributed by atoms with Gasteiger partial charge in [0.05, 0.1) is 18.5 Å². The molecule has 0 saturated heterocycles. The van der Waals surface area contributed by atoms with E-state index in [0.29, 0.717) is 18.8 Å². The van der Waals surface area contributed by atoms with Gasteiger partial charge in [-0.25, -0.2) is 4.68 Å². The van der Waals surface area contributed by atoms with E-state index < -0.39 is 0 Å². The van der Waals surface area contributed by atoms with Crippen LogP contribution in [0.15, 0.2) is 11.0 Å². The van der Waals surface area contributed by atoms with Crippen LogP contribution >= 0.6 is 11.6 Å². The highest BCUT2D eigenvalue weighted by molar-refractivity contribution is 6.32. The van der Waals surface area contributed by atoms with E-state index in [1.807, 2.05) is 6.92 Å². The summed E-state index contributed by atoms with van der Waals surface area (Å²) in [6, 6.07) is 0.135. The van der Waals surface area contributed by atoms with Crippen LogP contribution in [0.1, 0.15) is 33.1 Å². The number of rotatable bonds is 8. The lowest BCUT2D eigenvalue weighted by Gasteiger charge is -2.19. The first kappa shape index (κ1) is 16.0. The molecule has 108 valence electrons. The zero-order chi connectivity index (χ0) is 14.3. The van der Waals surface area contributed by atoms with Gasteiger partial charge in [-0.1, -0.05) is 31.9 Å². The zero-order valence-corrected chi connectivity index (χ0v) is 12.5. The molecule has 1 N–H and O–H groups in total. The van der Waals surface area contributed by atoms with Crippen molar-refractivity contribution in [2.75, 3.05) is 19.0 Å². The monoisotopic (exact) mass is 287 g/mol. The highest BCUT2D eigenvalue weighted by Crippen LogP contribution is 2.17. The maximum absolute atomic E-state index is 12.0. The first-order valence-electron chi connectivity index (χ1n) is 6.65. The van der Waals surface area contributed by atoms with Crippen molar-refractivity contribution in [2.24, 2.45) is 0 Å². The van der Waals surface area contributed by atoms with Crippen molar-refractivity contribution in [2.45, 2.75) is 45.7 Å². The van der Waals surface area contributed by atoms with Gasteiger partial charge in [0, 0.05) is 19.7 Å². The average molecular weight is 288 g/mol. The molecule has 1 heterocycles. The molecule has 1 aromatic rings. The molecule has 0 aliphatic rings. The summed E-state index contributed by atoms with van der Waals surface area (Å²) in [4.78, 5) is 12.0. The molecule has 1 rings (SSSR count). The van der Waals surface area contributed by atoms with Crippen molar-refractivity contribution in [1.82, 2.24) is 9.78 Å². The standard InChI is InChI=1S/C13H22ClN3O2/c1-4-6-10(9-19-3)16-11-8-15-17(7-5-2)13(18)12(11)14/h8,10,16H,4-7,9H2,1-3H3. The summed E-state index contributed by atoms with van der Waals surface area (Å²) >= 11 is 6.10. The fourth-order valence-corrected chi connectivity index (χ4v) is 2.10. The van der Waals surface area contributed by atoms with Crippen molar-refractivity contribution in [3.63, 3.8) is 0 Å². The number of halogens is 1. The normalized spacial score (nSPS) is 12.4. The number of aromatic nitrogens is 2. The number of hydrogen-bond donors (Lipinski definition) is 1. The van der Waals surface area contributed by atoms with Crippen molar-refractivity contribution in [1.29, 1.82) is 0 Å². The predicted molar refractivity (Wildman–Crippen MR) is 78.0 cm³/mol. The zero-order valence-electron chi connectivity index (χ0n) is 11.8. The maximum atomic E-state index is 12.0. The molecule has 0 aliphatic carbocycles. The van der Waals surface area contributed by atoms with Crippen LogP contribution in [0.2, 0.25) is 5.02 Å². The summed E-state index contributed by atoms with van der Waals surface area (Å²) in [5.41, 5.74) is 0.329. The fourth-order valence-electron chi connectivity index (χ4n) is 1.90. The van der Waals surface area contributed by atoms with Crippen LogP contribution in [0.3, 0.4) is 0 Å². The van der Waals surface area contributed by atoms with Crippen molar-refractivity contribution in [3.05, 3.63) is 21.6 Å². The molecule has 0 amide bonds. The summed E-state index contributed by atoms with van der Waals surface area (Å²) in [5, 5.41) is 7.54. The molecule has 0 fully saturated rings. The summed E-state index contributed by atoms with van der Waals surface area (Å²) < 4.78 is 6.54. The number of aryl methyl sites for hydroxylation is 1. The fraction of sp³-hybridized carbons (Fsp3) is 0.692. The highest BCUT2D eigenvalue weighted by Gasteiger charge is 2.13. The molecule has 1 aromatic heterocycles. The maximum Gasteiger partial charge on any atom is 0.287 e. The Labute approximate surface area is 118 Å². The van der Waals surface area contributed by atoms with E-state index in [4.69, 9.17) is 16.3 Å². The topological polar surface area (TPSA) is 56.1 Å². The number of methoxy groups -OCH3 is 1. The Kier molecular flexibility index (Phi) is 6.87. The van der Waals surface area contributed by atoms with Crippen LogP contribution in [0.4, 0.5) is 5.69 Å². The van der Waals surface area contributed by atoms with Crippen molar-refractivity contribution in [3.8, 4) is 0 Å². The largest absolute Gasteiger partial charge is 0.383 e. The van der Waals surface area contributed by atoms with Gasteiger partial charge in [-0.05, 0) is 12.8 Å². The highest BCUT2D eigenvalue weighted by atomic mass is 35.5. The molecule has 5 nitrogen and oxygen atoms in total. The molecular formula is C13H22ClN3O2. The van der Waals surface area contributed by atoms with Gasteiger partial charge in [0.2, 0.25) is 0 Å². The Bertz CT molecular complexity index is 442. The van der Waals surface area contributed by atoms with E-state index in [-0.39, 0.29) is 16.6 Å². The minimum absolute atomic E-state index is 0.135. The molecule has 0 saturated carbocycles. The summed E-state index contributed by atoms with van der Waals surface area (Å²) in [6.07, 6.45) is 4.43. The van der Waals surface area contributed by atoms with Gasteiger partial charge in [0.25, 0.3) is 5.56 Å². The number of nitrogens with zero attached hydrogens (tertiary/aromatic N) is 2. The first-order chi connectivity index (χ1) is 9.13. The van der Waals surface area contributed by atoms with Crippen LogP contribution in [0.5, 0.6) is 0 Å². The third kappa shape index (κ3) is 4.51. The predicted octanol–water partition coefficient (Wildman–Crippen LogP) is 2.53. The number of anilines is 1. The summed E-state index contributed by atoms with van der Waals surface area (Å²) in [7, 11) is 1.66. The number of nitrogens with one attached hydrogen (secondary N) is 1. The molecule has 1 unspecified atom stereocenters. The van der Waals surface area contributed by atoms with Crippen molar-refractivity contribution >= 4 is 17.3 Å². The molecule has 0 radical (unpaired) electrons. The molecule has 1 atom stereocenters.